The molecule has 2 rings (SSSR count). The lowest BCUT2D eigenvalue weighted by molar-refractivity contribution is 0.414. The largest absolute Gasteiger partial charge is 0.497 e. The van der Waals surface area contributed by atoms with Crippen LogP contribution in [0.2, 0.25) is 0 Å². The molecular weight excluding hydrogens is 367 g/mol. The van der Waals surface area contributed by atoms with Crippen LogP contribution in [0.5, 0.6) is 5.75 Å². The molecule has 0 fully saturated rings. The highest BCUT2D eigenvalue weighted by Gasteiger charge is 2.12. The quantitative estimate of drug-likeness (QED) is 0.825. The zero-order valence-corrected chi connectivity index (χ0v) is 13.9. The van der Waals surface area contributed by atoms with E-state index in [0.29, 0.717) is 15.8 Å². The van der Waals surface area contributed by atoms with Gasteiger partial charge in [0.2, 0.25) is 0 Å². The molecule has 5 heteroatoms. The van der Waals surface area contributed by atoms with E-state index in [4.69, 9.17) is 4.74 Å². The number of halogens is 1. The van der Waals surface area contributed by atoms with Gasteiger partial charge >= 0.3 is 0 Å². The molecule has 20 heavy (non-hydrogen) atoms. The van der Waals surface area contributed by atoms with Gasteiger partial charge < -0.3 is 9.72 Å². The summed E-state index contributed by atoms with van der Waals surface area (Å²) in [4.78, 5) is 19.4. The number of aromatic amines is 1. The normalized spacial score (nSPS) is 10.8. The fourth-order valence-corrected chi connectivity index (χ4v) is 2.81. The smallest absolute Gasteiger partial charge is 0.264 e. The standard InChI is InChI=1S/C15H17IN2O2/c1-9(2)14-13(16)15(19)18-12(17-14)8-10-4-6-11(20-3)7-5-10/h4-7,9H,8H2,1-3H3,(H,17,18,19). The summed E-state index contributed by atoms with van der Waals surface area (Å²) < 4.78 is 5.81. The van der Waals surface area contributed by atoms with Gasteiger partial charge in [-0.15, -0.1) is 0 Å². The Kier molecular flexibility index (Phi) is 4.80. The van der Waals surface area contributed by atoms with Crippen LogP contribution < -0.4 is 10.3 Å². The number of nitrogens with zero attached hydrogens (tertiary/aromatic N) is 1. The van der Waals surface area contributed by atoms with Crippen LogP contribution in [0.1, 0.15) is 36.8 Å². The van der Waals surface area contributed by atoms with Crippen LogP contribution in [0.25, 0.3) is 0 Å². The van der Waals surface area contributed by atoms with Gasteiger partial charge in [0.15, 0.2) is 0 Å². The Morgan fingerprint density at radius 3 is 2.50 bits per heavy atom. The average molecular weight is 384 g/mol. The van der Waals surface area contributed by atoms with Crippen molar-refractivity contribution in [1.29, 1.82) is 0 Å². The second kappa shape index (κ2) is 6.39. The molecule has 0 bridgehead atoms. The second-order valence-electron chi connectivity index (χ2n) is 4.89. The number of nitrogens with one attached hydrogen (secondary N) is 1. The first-order valence-corrected chi connectivity index (χ1v) is 7.50. The minimum Gasteiger partial charge on any atom is -0.497 e. The van der Waals surface area contributed by atoms with E-state index >= 15 is 0 Å². The molecule has 1 N–H and O–H groups in total. The Labute approximate surface area is 131 Å². The Bertz CT molecular complexity index is 648. The molecular formula is C15H17IN2O2. The van der Waals surface area contributed by atoms with Crippen LogP contribution >= 0.6 is 22.6 Å². The topological polar surface area (TPSA) is 55.0 Å². The van der Waals surface area contributed by atoms with Gasteiger partial charge in [-0.2, -0.15) is 0 Å². The molecule has 0 amide bonds. The minimum absolute atomic E-state index is 0.0622. The van der Waals surface area contributed by atoms with Crippen molar-refractivity contribution in [2.24, 2.45) is 0 Å². The van der Waals surface area contributed by atoms with E-state index in [1.165, 1.54) is 0 Å². The second-order valence-corrected chi connectivity index (χ2v) is 5.97. The van der Waals surface area contributed by atoms with Crippen molar-refractivity contribution in [1.82, 2.24) is 9.97 Å². The number of methoxy groups -OCH3 is 1. The molecule has 0 saturated heterocycles. The fraction of sp³-hybridized carbons (Fsp3) is 0.333. The maximum atomic E-state index is 11.9. The van der Waals surface area contributed by atoms with Crippen molar-refractivity contribution in [3.8, 4) is 5.75 Å². The van der Waals surface area contributed by atoms with E-state index < -0.39 is 0 Å². The molecule has 2 aromatic rings. The molecule has 0 unspecified atom stereocenters. The number of hydrogen-bond donors (Lipinski definition) is 1. The van der Waals surface area contributed by atoms with E-state index in [9.17, 15) is 4.79 Å². The van der Waals surface area contributed by atoms with E-state index in [0.717, 1.165) is 17.0 Å². The third-order valence-corrected chi connectivity index (χ3v) is 4.06. The third-order valence-electron chi connectivity index (χ3n) is 3.01. The van der Waals surface area contributed by atoms with Crippen LogP contribution in [0, 0.1) is 3.57 Å². The van der Waals surface area contributed by atoms with Crippen LogP contribution in [-0.4, -0.2) is 17.1 Å². The highest BCUT2D eigenvalue weighted by Crippen LogP contribution is 2.17. The van der Waals surface area contributed by atoms with E-state index in [1.807, 2.05) is 38.1 Å². The molecule has 0 aliphatic heterocycles. The van der Waals surface area contributed by atoms with Gasteiger partial charge in [-0.3, -0.25) is 4.79 Å². The van der Waals surface area contributed by atoms with Crippen LogP contribution in [0.4, 0.5) is 0 Å². The van der Waals surface area contributed by atoms with Gasteiger partial charge in [-0.05, 0) is 46.2 Å². The zero-order valence-electron chi connectivity index (χ0n) is 11.7. The van der Waals surface area contributed by atoms with Gasteiger partial charge in [-0.1, -0.05) is 26.0 Å². The summed E-state index contributed by atoms with van der Waals surface area (Å²) in [5.74, 6) is 1.75. The number of rotatable bonds is 4. The Morgan fingerprint density at radius 2 is 1.95 bits per heavy atom. The minimum atomic E-state index is -0.0622. The number of hydrogen-bond acceptors (Lipinski definition) is 3. The summed E-state index contributed by atoms with van der Waals surface area (Å²) in [7, 11) is 1.64. The molecule has 106 valence electrons. The fourth-order valence-electron chi connectivity index (χ4n) is 1.93. The van der Waals surface area contributed by atoms with Crippen molar-refractivity contribution >= 4 is 22.6 Å². The van der Waals surface area contributed by atoms with Gasteiger partial charge in [0, 0.05) is 6.42 Å². The number of ether oxygens (including phenoxy) is 1. The number of H-pyrrole nitrogens is 1. The highest BCUT2D eigenvalue weighted by molar-refractivity contribution is 14.1. The highest BCUT2D eigenvalue weighted by atomic mass is 127. The predicted octanol–water partition coefficient (Wildman–Crippen LogP) is 3.10. The van der Waals surface area contributed by atoms with Gasteiger partial charge in [-0.25, -0.2) is 4.98 Å². The lowest BCUT2D eigenvalue weighted by Gasteiger charge is -2.09. The summed E-state index contributed by atoms with van der Waals surface area (Å²) >= 11 is 2.05. The molecule has 1 aromatic heterocycles. The van der Waals surface area contributed by atoms with Crippen molar-refractivity contribution in [2.75, 3.05) is 7.11 Å². The summed E-state index contributed by atoms with van der Waals surface area (Å²) in [5.41, 5.74) is 1.88. The molecule has 0 aliphatic carbocycles. The first kappa shape index (κ1) is 15.0. The maximum absolute atomic E-state index is 11.9. The lowest BCUT2D eigenvalue weighted by atomic mass is 10.1. The van der Waals surface area contributed by atoms with E-state index in [2.05, 4.69) is 32.6 Å². The molecule has 0 saturated carbocycles. The van der Waals surface area contributed by atoms with Gasteiger partial charge in [0.1, 0.15) is 11.6 Å². The molecule has 0 atom stereocenters. The maximum Gasteiger partial charge on any atom is 0.264 e. The number of benzene rings is 1. The van der Waals surface area contributed by atoms with Crippen LogP contribution in [-0.2, 0) is 6.42 Å². The monoisotopic (exact) mass is 384 g/mol. The van der Waals surface area contributed by atoms with Gasteiger partial charge in [0.25, 0.3) is 5.56 Å². The van der Waals surface area contributed by atoms with E-state index in [1.54, 1.807) is 7.11 Å². The van der Waals surface area contributed by atoms with Crippen molar-refractivity contribution < 1.29 is 4.74 Å². The lowest BCUT2D eigenvalue weighted by Crippen LogP contribution is -2.19. The number of aromatic nitrogens is 2. The van der Waals surface area contributed by atoms with Crippen molar-refractivity contribution in [3.05, 3.63) is 55.3 Å². The van der Waals surface area contributed by atoms with Crippen LogP contribution in [0.3, 0.4) is 0 Å². The Balaban J connectivity index is 2.31. The summed E-state index contributed by atoms with van der Waals surface area (Å²) in [6, 6.07) is 7.77. The molecule has 0 spiro atoms. The predicted molar refractivity (Wildman–Crippen MR) is 87.5 cm³/mol. The van der Waals surface area contributed by atoms with Crippen LogP contribution in [0.15, 0.2) is 29.1 Å². The molecule has 0 radical (unpaired) electrons. The molecule has 1 heterocycles. The average Bonchev–Trinajstić information content (AvgIpc) is 2.43. The molecule has 4 nitrogen and oxygen atoms in total. The van der Waals surface area contributed by atoms with Crippen molar-refractivity contribution in [2.45, 2.75) is 26.2 Å². The first-order chi connectivity index (χ1) is 9.51. The molecule has 0 aliphatic rings. The SMILES string of the molecule is COc1ccc(Cc2nc(C(C)C)c(I)c(=O)[nH]2)cc1. The van der Waals surface area contributed by atoms with Gasteiger partial charge in [0.05, 0.1) is 16.4 Å². The zero-order chi connectivity index (χ0) is 14.7. The summed E-state index contributed by atoms with van der Waals surface area (Å²) in [5, 5.41) is 0. The molecule has 1 aromatic carbocycles. The summed E-state index contributed by atoms with van der Waals surface area (Å²) in [6.45, 7) is 4.09. The first-order valence-electron chi connectivity index (χ1n) is 6.42. The summed E-state index contributed by atoms with van der Waals surface area (Å²) in [6.07, 6.45) is 0.607. The van der Waals surface area contributed by atoms with Crippen molar-refractivity contribution in [3.63, 3.8) is 0 Å². The third kappa shape index (κ3) is 3.39. The Morgan fingerprint density at radius 1 is 1.30 bits per heavy atom. The Hall–Kier alpha value is -1.37. The van der Waals surface area contributed by atoms with E-state index in [-0.39, 0.29) is 11.5 Å².